The van der Waals surface area contributed by atoms with Crippen molar-refractivity contribution in [3.05, 3.63) is 91.7 Å². The molecule has 0 N–H and O–H groups in total. The fourth-order valence-corrected chi connectivity index (χ4v) is 4.76. The summed E-state index contributed by atoms with van der Waals surface area (Å²) >= 11 is 7.41. The molecule has 0 spiro atoms. The first-order valence-corrected chi connectivity index (χ1v) is 11.8. The highest BCUT2D eigenvalue weighted by Gasteiger charge is 2.12. The second-order valence-electron chi connectivity index (χ2n) is 7.65. The molecule has 0 unspecified atom stereocenters. The Balaban J connectivity index is 1.41. The SMILES string of the molecule is COc1ccc(OCCOc2ccc(Cl)c(C)c2)c(/C=c2\sc3nc4ccccc4n3c2=O)c1. The number of aryl methyl sites for hydroxylation is 1. The predicted molar refractivity (Wildman–Crippen MR) is 136 cm³/mol. The van der Waals surface area contributed by atoms with E-state index in [0.29, 0.717) is 39.2 Å². The zero-order chi connectivity index (χ0) is 23.7. The minimum absolute atomic E-state index is 0.107. The number of thiazole rings is 1. The van der Waals surface area contributed by atoms with Crippen LogP contribution >= 0.6 is 22.9 Å². The van der Waals surface area contributed by atoms with Crippen molar-refractivity contribution in [3.8, 4) is 17.2 Å². The number of nitrogens with zero attached hydrogens (tertiary/aromatic N) is 2. The van der Waals surface area contributed by atoms with Crippen LogP contribution in [-0.4, -0.2) is 29.7 Å². The number of methoxy groups -OCH3 is 1. The molecule has 6 nitrogen and oxygen atoms in total. The summed E-state index contributed by atoms with van der Waals surface area (Å²) in [5.41, 5.74) is 3.20. The molecule has 172 valence electrons. The van der Waals surface area contributed by atoms with E-state index in [1.54, 1.807) is 11.5 Å². The maximum Gasteiger partial charge on any atom is 0.274 e. The second-order valence-corrected chi connectivity index (χ2v) is 9.06. The average Bonchev–Trinajstić information content (AvgIpc) is 3.35. The van der Waals surface area contributed by atoms with Crippen molar-refractivity contribution in [2.24, 2.45) is 0 Å². The Morgan fingerprint density at radius 2 is 1.82 bits per heavy atom. The zero-order valence-electron chi connectivity index (χ0n) is 18.6. The van der Waals surface area contributed by atoms with Gasteiger partial charge in [-0.3, -0.25) is 4.79 Å². The summed E-state index contributed by atoms with van der Waals surface area (Å²) in [7, 11) is 1.60. The highest BCUT2D eigenvalue weighted by atomic mass is 35.5. The number of hydrogen-bond acceptors (Lipinski definition) is 6. The third-order valence-corrected chi connectivity index (χ3v) is 6.78. The molecule has 34 heavy (non-hydrogen) atoms. The number of ether oxygens (including phenoxy) is 3. The van der Waals surface area contributed by atoms with E-state index in [-0.39, 0.29) is 5.56 Å². The van der Waals surface area contributed by atoms with Crippen LogP contribution in [0.1, 0.15) is 11.1 Å². The Morgan fingerprint density at radius 1 is 1.03 bits per heavy atom. The minimum atomic E-state index is -0.107. The third-order valence-electron chi connectivity index (χ3n) is 5.39. The molecule has 0 aliphatic rings. The van der Waals surface area contributed by atoms with Gasteiger partial charge in [0.25, 0.3) is 5.56 Å². The Kier molecular flexibility index (Phi) is 6.13. The van der Waals surface area contributed by atoms with E-state index < -0.39 is 0 Å². The van der Waals surface area contributed by atoms with Crippen LogP contribution in [0, 0.1) is 6.92 Å². The summed E-state index contributed by atoms with van der Waals surface area (Å²) in [6.45, 7) is 2.62. The van der Waals surface area contributed by atoms with Crippen molar-refractivity contribution < 1.29 is 14.2 Å². The normalized spacial score (nSPS) is 11.9. The Labute approximate surface area is 204 Å². The monoisotopic (exact) mass is 492 g/mol. The van der Waals surface area contributed by atoms with E-state index in [4.69, 9.17) is 25.8 Å². The van der Waals surface area contributed by atoms with E-state index in [0.717, 1.165) is 27.9 Å². The first-order valence-electron chi connectivity index (χ1n) is 10.6. The summed E-state index contributed by atoms with van der Waals surface area (Å²) in [6, 6.07) is 18.6. The molecule has 5 rings (SSSR count). The lowest BCUT2D eigenvalue weighted by molar-refractivity contribution is 0.216. The van der Waals surface area contributed by atoms with Gasteiger partial charge in [0.05, 0.1) is 22.7 Å². The van der Waals surface area contributed by atoms with Crippen LogP contribution in [-0.2, 0) is 0 Å². The molecule has 0 amide bonds. The lowest BCUT2D eigenvalue weighted by Crippen LogP contribution is -2.22. The number of fused-ring (bicyclic) bond motifs is 3. The second kappa shape index (κ2) is 9.37. The number of benzene rings is 3. The van der Waals surface area contributed by atoms with E-state index in [9.17, 15) is 4.79 Å². The lowest BCUT2D eigenvalue weighted by atomic mass is 10.2. The molecule has 0 radical (unpaired) electrons. The number of hydrogen-bond donors (Lipinski definition) is 0. The van der Waals surface area contributed by atoms with Gasteiger partial charge in [0.15, 0.2) is 4.96 Å². The largest absolute Gasteiger partial charge is 0.497 e. The van der Waals surface area contributed by atoms with Gasteiger partial charge in [-0.2, -0.15) is 0 Å². The van der Waals surface area contributed by atoms with Crippen LogP contribution in [0.3, 0.4) is 0 Å². The topological polar surface area (TPSA) is 62.1 Å². The molecule has 0 saturated carbocycles. The predicted octanol–water partition coefficient (Wildman–Crippen LogP) is 4.89. The van der Waals surface area contributed by atoms with Gasteiger partial charge in [0.2, 0.25) is 0 Å². The average molecular weight is 493 g/mol. The Bertz CT molecular complexity index is 1610. The smallest absolute Gasteiger partial charge is 0.274 e. The van der Waals surface area contributed by atoms with Crippen LogP contribution in [0.15, 0.2) is 65.5 Å². The van der Waals surface area contributed by atoms with E-state index in [2.05, 4.69) is 4.98 Å². The van der Waals surface area contributed by atoms with Gasteiger partial charge in [-0.1, -0.05) is 35.1 Å². The molecule has 3 aromatic carbocycles. The van der Waals surface area contributed by atoms with Gasteiger partial charge >= 0.3 is 0 Å². The maximum absolute atomic E-state index is 13.1. The van der Waals surface area contributed by atoms with E-state index in [1.807, 2.05) is 73.7 Å². The first kappa shape index (κ1) is 22.3. The highest BCUT2D eigenvalue weighted by molar-refractivity contribution is 7.15. The number of rotatable bonds is 7. The molecular weight excluding hydrogens is 472 g/mol. The quantitative estimate of drug-likeness (QED) is 0.303. The van der Waals surface area contributed by atoms with Gasteiger partial charge in [0.1, 0.15) is 30.5 Å². The molecule has 8 heteroatoms. The fraction of sp³-hybridized carbons (Fsp3) is 0.154. The molecule has 0 aliphatic heterocycles. The summed E-state index contributed by atoms with van der Waals surface area (Å²) < 4.78 is 19.4. The summed E-state index contributed by atoms with van der Waals surface area (Å²) in [4.78, 5) is 18.4. The summed E-state index contributed by atoms with van der Waals surface area (Å²) in [6.07, 6.45) is 1.82. The molecule has 0 atom stereocenters. The zero-order valence-corrected chi connectivity index (χ0v) is 20.2. The first-order chi connectivity index (χ1) is 16.5. The standard InChI is InChI=1S/C26H21ClN2O4S/c1-16-13-19(7-9-20(16)27)32-11-12-33-23-10-8-18(31-2)14-17(23)15-24-25(30)29-22-6-4-3-5-21(22)28-26(29)34-24/h3-10,13-15H,11-12H2,1-2H3/b24-15-. The molecule has 2 aromatic heterocycles. The van der Waals surface area contributed by atoms with Crippen molar-refractivity contribution in [2.45, 2.75) is 6.92 Å². The van der Waals surface area contributed by atoms with Crippen LogP contribution in [0.25, 0.3) is 22.1 Å². The lowest BCUT2D eigenvalue weighted by Gasteiger charge is -2.12. The van der Waals surface area contributed by atoms with Crippen LogP contribution in [0.5, 0.6) is 17.2 Å². The fourth-order valence-electron chi connectivity index (χ4n) is 3.67. The Morgan fingerprint density at radius 3 is 2.65 bits per heavy atom. The number of aromatic nitrogens is 2. The minimum Gasteiger partial charge on any atom is -0.497 e. The molecule has 0 fully saturated rings. The number of imidazole rings is 1. The van der Waals surface area contributed by atoms with Gasteiger partial charge in [-0.05, 0) is 67.1 Å². The number of halogens is 1. The van der Waals surface area contributed by atoms with Gasteiger partial charge < -0.3 is 14.2 Å². The summed E-state index contributed by atoms with van der Waals surface area (Å²) in [5.74, 6) is 2.04. The third kappa shape index (κ3) is 4.32. The van der Waals surface area contributed by atoms with Gasteiger partial charge in [-0.25, -0.2) is 9.38 Å². The van der Waals surface area contributed by atoms with Crippen LogP contribution in [0.2, 0.25) is 5.02 Å². The number of para-hydroxylation sites is 2. The molecule has 0 aliphatic carbocycles. The van der Waals surface area contributed by atoms with Crippen molar-refractivity contribution in [2.75, 3.05) is 20.3 Å². The van der Waals surface area contributed by atoms with Crippen molar-refractivity contribution in [1.29, 1.82) is 0 Å². The van der Waals surface area contributed by atoms with Crippen molar-refractivity contribution in [1.82, 2.24) is 9.38 Å². The van der Waals surface area contributed by atoms with Gasteiger partial charge in [0, 0.05) is 10.6 Å². The van der Waals surface area contributed by atoms with E-state index >= 15 is 0 Å². The maximum atomic E-state index is 13.1. The molecule has 2 heterocycles. The van der Waals surface area contributed by atoms with Crippen LogP contribution < -0.4 is 24.3 Å². The Hall–Kier alpha value is -3.55. The van der Waals surface area contributed by atoms with Crippen LogP contribution in [0.4, 0.5) is 0 Å². The summed E-state index contributed by atoms with van der Waals surface area (Å²) in [5, 5.41) is 0.703. The molecular formula is C26H21ClN2O4S. The van der Waals surface area contributed by atoms with Crippen molar-refractivity contribution >= 4 is 45.0 Å². The van der Waals surface area contributed by atoms with Crippen molar-refractivity contribution in [3.63, 3.8) is 0 Å². The molecule has 0 saturated heterocycles. The highest BCUT2D eigenvalue weighted by Crippen LogP contribution is 2.26. The molecule has 0 bridgehead atoms. The molecule has 5 aromatic rings. The van der Waals surface area contributed by atoms with E-state index in [1.165, 1.54) is 11.3 Å². The van der Waals surface area contributed by atoms with Gasteiger partial charge in [-0.15, -0.1) is 0 Å².